The molecule has 1 aliphatic rings. The number of rotatable bonds is 3. The second-order valence-corrected chi connectivity index (χ2v) is 4.85. The standard InChI is InChI=1S/C11H10N4O3S/c16-8-2-1-7(12-8)9(17)13-11-15-14-10(18-11)6-3-4-19-5-6/h3-5,7H,1-2H2,(H,12,16)(H,13,15,17). The first-order valence-electron chi connectivity index (χ1n) is 5.68. The first-order chi connectivity index (χ1) is 9.22. The molecule has 0 radical (unpaired) electrons. The van der Waals surface area contributed by atoms with E-state index in [-0.39, 0.29) is 17.8 Å². The lowest BCUT2D eigenvalue weighted by Gasteiger charge is -2.07. The summed E-state index contributed by atoms with van der Waals surface area (Å²) in [6.45, 7) is 0. The van der Waals surface area contributed by atoms with Gasteiger partial charge in [0.2, 0.25) is 5.91 Å². The number of aromatic nitrogens is 2. The molecule has 2 aromatic heterocycles. The molecule has 1 atom stereocenters. The third-order valence-electron chi connectivity index (χ3n) is 2.74. The summed E-state index contributed by atoms with van der Waals surface area (Å²) in [6, 6.07) is 1.36. The van der Waals surface area contributed by atoms with Crippen molar-refractivity contribution in [1.29, 1.82) is 0 Å². The average molecular weight is 278 g/mol. The van der Waals surface area contributed by atoms with Gasteiger partial charge in [0.25, 0.3) is 11.8 Å². The minimum atomic E-state index is -0.524. The predicted molar refractivity (Wildman–Crippen MR) is 67.4 cm³/mol. The van der Waals surface area contributed by atoms with E-state index in [1.165, 1.54) is 11.3 Å². The summed E-state index contributed by atoms with van der Waals surface area (Å²) >= 11 is 1.52. The van der Waals surface area contributed by atoms with E-state index in [0.29, 0.717) is 18.7 Å². The van der Waals surface area contributed by atoms with Crippen molar-refractivity contribution in [2.24, 2.45) is 0 Å². The van der Waals surface area contributed by atoms with Gasteiger partial charge < -0.3 is 9.73 Å². The first kappa shape index (κ1) is 11.8. The Morgan fingerprint density at radius 2 is 2.42 bits per heavy atom. The molecule has 3 rings (SSSR count). The molecule has 0 bridgehead atoms. The fourth-order valence-corrected chi connectivity index (χ4v) is 2.41. The van der Waals surface area contributed by atoms with E-state index in [1.807, 2.05) is 16.8 Å². The van der Waals surface area contributed by atoms with Crippen molar-refractivity contribution >= 4 is 29.2 Å². The van der Waals surface area contributed by atoms with Crippen molar-refractivity contribution in [2.45, 2.75) is 18.9 Å². The molecule has 8 heteroatoms. The molecule has 7 nitrogen and oxygen atoms in total. The van der Waals surface area contributed by atoms with E-state index in [4.69, 9.17) is 4.42 Å². The molecule has 2 amide bonds. The van der Waals surface area contributed by atoms with E-state index in [9.17, 15) is 9.59 Å². The van der Waals surface area contributed by atoms with Crippen LogP contribution < -0.4 is 10.6 Å². The van der Waals surface area contributed by atoms with Gasteiger partial charge in [-0.2, -0.15) is 11.3 Å². The number of hydrogen-bond acceptors (Lipinski definition) is 6. The number of carbonyl (C=O) groups excluding carboxylic acids is 2. The number of nitrogens with zero attached hydrogens (tertiary/aromatic N) is 2. The van der Waals surface area contributed by atoms with Gasteiger partial charge in [0.15, 0.2) is 0 Å². The number of thiophene rings is 1. The van der Waals surface area contributed by atoms with E-state index in [1.54, 1.807) is 0 Å². The molecule has 0 spiro atoms. The predicted octanol–water partition coefficient (Wildman–Crippen LogP) is 1.02. The van der Waals surface area contributed by atoms with Gasteiger partial charge in [0.05, 0.1) is 0 Å². The molecule has 3 heterocycles. The van der Waals surface area contributed by atoms with Crippen LogP contribution in [0.3, 0.4) is 0 Å². The summed E-state index contributed by atoms with van der Waals surface area (Å²) in [6.07, 6.45) is 0.846. The molecule has 0 saturated carbocycles. The van der Waals surface area contributed by atoms with Gasteiger partial charge in [-0.15, -0.1) is 5.10 Å². The minimum absolute atomic E-state index is 0.0346. The van der Waals surface area contributed by atoms with E-state index in [0.717, 1.165) is 5.56 Å². The van der Waals surface area contributed by atoms with Crippen molar-refractivity contribution in [3.8, 4) is 11.5 Å². The maximum Gasteiger partial charge on any atom is 0.322 e. The summed E-state index contributed by atoms with van der Waals surface area (Å²) in [5.74, 6) is -0.108. The van der Waals surface area contributed by atoms with E-state index < -0.39 is 6.04 Å². The lowest BCUT2D eigenvalue weighted by Crippen LogP contribution is -2.37. The third kappa shape index (κ3) is 2.48. The summed E-state index contributed by atoms with van der Waals surface area (Å²) in [7, 11) is 0. The molecule has 2 aromatic rings. The first-order valence-corrected chi connectivity index (χ1v) is 6.63. The molecule has 2 N–H and O–H groups in total. The van der Waals surface area contributed by atoms with Crippen LogP contribution in [-0.2, 0) is 9.59 Å². The topological polar surface area (TPSA) is 97.1 Å². The minimum Gasteiger partial charge on any atom is -0.403 e. The van der Waals surface area contributed by atoms with Gasteiger partial charge in [-0.1, -0.05) is 5.10 Å². The van der Waals surface area contributed by atoms with Crippen LogP contribution in [0, 0.1) is 0 Å². The van der Waals surface area contributed by atoms with Gasteiger partial charge >= 0.3 is 6.01 Å². The number of hydrogen-bond donors (Lipinski definition) is 2. The molecule has 1 saturated heterocycles. The molecule has 98 valence electrons. The quantitative estimate of drug-likeness (QED) is 0.873. The maximum atomic E-state index is 11.8. The van der Waals surface area contributed by atoms with Crippen LogP contribution in [0.1, 0.15) is 12.8 Å². The molecule has 1 aliphatic heterocycles. The van der Waals surface area contributed by atoms with Crippen molar-refractivity contribution < 1.29 is 14.0 Å². The zero-order chi connectivity index (χ0) is 13.2. The highest BCUT2D eigenvalue weighted by Crippen LogP contribution is 2.22. The summed E-state index contributed by atoms with van der Waals surface area (Å²) in [5.41, 5.74) is 0.812. The molecule has 0 aromatic carbocycles. The Hall–Kier alpha value is -2.22. The monoisotopic (exact) mass is 278 g/mol. The highest BCUT2D eigenvalue weighted by molar-refractivity contribution is 7.08. The highest BCUT2D eigenvalue weighted by Gasteiger charge is 2.28. The molecule has 0 aliphatic carbocycles. The molecule has 1 unspecified atom stereocenters. The van der Waals surface area contributed by atoms with Crippen molar-refractivity contribution in [3.63, 3.8) is 0 Å². The lowest BCUT2D eigenvalue weighted by atomic mass is 10.2. The number of nitrogens with one attached hydrogen (secondary N) is 2. The van der Waals surface area contributed by atoms with Gasteiger partial charge in [0, 0.05) is 17.4 Å². The summed E-state index contributed by atoms with van der Waals surface area (Å²) in [4.78, 5) is 22.8. The fourth-order valence-electron chi connectivity index (χ4n) is 1.78. The van der Waals surface area contributed by atoms with Crippen molar-refractivity contribution in [2.75, 3.05) is 5.32 Å². The molecular formula is C11H10N4O3S. The Morgan fingerprint density at radius 3 is 3.11 bits per heavy atom. The summed E-state index contributed by atoms with van der Waals surface area (Å²) < 4.78 is 5.32. The summed E-state index contributed by atoms with van der Waals surface area (Å²) in [5, 5.41) is 16.4. The Kier molecular flexibility index (Phi) is 3.00. The van der Waals surface area contributed by atoms with Crippen molar-refractivity contribution in [3.05, 3.63) is 16.8 Å². The fraction of sp³-hybridized carbons (Fsp3) is 0.273. The van der Waals surface area contributed by atoms with Crippen LogP contribution >= 0.6 is 11.3 Å². The Bertz CT molecular complexity index is 607. The second kappa shape index (κ2) is 4.81. The van der Waals surface area contributed by atoms with Crippen LogP contribution in [0.25, 0.3) is 11.5 Å². The Balaban J connectivity index is 1.67. The molecular weight excluding hydrogens is 268 g/mol. The molecule has 19 heavy (non-hydrogen) atoms. The highest BCUT2D eigenvalue weighted by atomic mass is 32.1. The van der Waals surface area contributed by atoms with Crippen LogP contribution in [0.5, 0.6) is 0 Å². The number of carbonyl (C=O) groups is 2. The van der Waals surface area contributed by atoms with Crippen LogP contribution in [0.2, 0.25) is 0 Å². The SMILES string of the molecule is O=C1CCC(C(=O)Nc2nnc(-c3ccsc3)o2)N1. The van der Waals surface area contributed by atoms with Gasteiger partial charge in [-0.05, 0) is 17.9 Å². The van der Waals surface area contributed by atoms with Crippen LogP contribution in [0.4, 0.5) is 6.01 Å². The number of amides is 2. The van der Waals surface area contributed by atoms with Gasteiger partial charge in [0.1, 0.15) is 6.04 Å². The van der Waals surface area contributed by atoms with E-state index >= 15 is 0 Å². The largest absolute Gasteiger partial charge is 0.403 e. The third-order valence-corrected chi connectivity index (χ3v) is 3.42. The Labute approximate surface area is 112 Å². The zero-order valence-corrected chi connectivity index (χ0v) is 10.6. The average Bonchev–Trinajstić information content (AvgIpc) is 3.07. The maximum absolute atomic E-state index is 11.8. The zero-order valence-electron chi connectivity index (χ0n) is 9.75. The van der Waals surface area contributed by atoms with Crippen molar-refractivity contribution in [1.82, 2.24) is 15.5 Å². The van der Waals surface area contributed by atoms with Gasteiger partial charge in [-0.25, -0.2) is 0 Å². The van der Waals surface area contributed by atoms with Crippen LogP contribution in [0.15, 0.2) is 21.2 Å². The van der Waals surface area contributed by atoms with Gasteiger partial charge in [-0.3, -0.25) is 14.9 Å². The normalized spacial score (nSPS) is 18.3. The van der Waals surface area contributed by atoms with E-state index in [2.05, 4.69) is 20.8 Å². The lowest BCUT2D eigenvalue weighted by molar-refractivity contribution is -0.122. The van der Waals surface area contributed by atoms with Crippen LogP contribution in [-0.4, -0.2) is 28.1 Å². The molecule has 1 fully saturated rings. The smallest absolute Gasteiger partial charge is 0.322 e. The number of anilines is 1. The Morgan fingerprint density at radius 1 is 1.53 bits per heavy atom. The second-order valence-electron chi connectivity index (χ2n) is 4.07.